The predicted octanol–water partition coefficient (Wildman–Crippen LogP) is 5.34. The van der Waals surface area contributed by atoms with Crippen molar-refractivity contribution in [2.24, 2.45) is 0 Å². The van der Waals surface area contributed by atoms with Crippen LogP contribution in [0.15, 0.2) is 42.6 Å². The number of nitrogens with zero attached hydrogens (tertiary/aromatic N) is 2. The van der Waals surface area contributed by atoms with Gasteiger partial charge in [0.15, 0.2) is 0 Å². The summed E-state index contributed by atoms with van der Waals surface area (Å²) in [6.45, 7) is 2.93. The molecule has 1 aliphatic heterocycles. The van der Waals surface area contributed by atoms with Gasteiger partial charge in [-0.2, -0.15) is 0 Å². The molecule has 1 saturated heterocycles. The largest absolute Gasteiger partial charge is 0.497 e. The SMILES string of the molecule is COc1ccc2c(c1)c(CCN(C)C)cn2P1(=O)OCCC(c2cc(C)cc(F)c2)O1. The van der Waals surface area contributed by atoms with Crippen LogP contribution in [-0.4, -0.2) is 43.6 Å². The first-order valence-electron chi connectivity index (χ1n) is 10.3. The number of benzene rings is 2. The second-order valence-corrected chi connectivity index (χ2v) is 10.0. The molecule has 166 valence electrons. The monoisotopic (exact) mass is 446 g/mol. The molecule has 0 N–H and O–H groups in total. The fourth-order valence-corrected chi connectivity index (χ4v) is 5.83. The van der Waals surface area contributed by atoms with Gasteiger partial charge in [0, 0.05) is 24.5 Å². The number of methoxy groups -OCH3 is 1. The highest BCUT2D eigenvalue weighted by Crippen LogP contribution is 2.58. The highest BCUT2D eigenvalue weighted by Gasteiger charge is 2.38. The standard InChI is InChI=1S/C23H28FN2O4P/c1-16-11-18(13-19(24)12-16)23-8-10-29-31(27,30-23)26-15-17(7-9-25(2)3)21-14-20(28-4)5-6-22(21)26/h5-6,11-15,23H,7-10H2,1-4H3. The molecular formula is C23H28FN2O4P. The lowest BCUT2D eigenvalue weighted by Crippen LogP contribution is -2.17. The number of halogens is 1. The zero-order valence-corrected chi connectivity index (χ0v) is 19.2. The number of fused-ring (bicyclic) bond motifs is 1. The number of hydrogen-bond acceptors (Lipinski definition) is 5. The van der Waals surface area contributed by atoms with E-state index in [1.54, 1.807) is 11.4 Å². The van der Waals surface area contributed by atoms with Gasteiger partial charge >= 0.3 is 7.75 Å². The Morgan fingerprint density at radius 1 is 1.26 bits per heavy atom. The molecule has 0 radical (unpaired) electrons. The fraction of sp³-hybridized carbons (Fsp3) is 0.391. The van der Waals surface area contributed by atoms with Gasteiger partial charge in [-0.05, 0) is 74.5 Å². The van der Waals surface area contributed by atoms with E-state index in [0.29, 0.717) is 12.0 Å². The first-order chi connectivity index (χ1) is 14.8. The minimum absolute atomic E-state index is 0.264. The summed E-state index contributed by atoms with van der Waals surface area (Å²) in [4.78, 5) is 2.10. The third-order valence-electron chi connectivity index (χ3n) is 5.50. The van der Waals surface area contributed by atoms with Crippen molar-refractivity contribution >= 4 is 18.6 Å². The summed E-state index contributed by atoms with van der Waals surface area (Å²) in [5.74, 6) is 0.401. The summed E-state index contributed by atoms with van der Waals surface area (Å²) < 4.78 is 46.6. The zero-order chi connectivity index (χ0) is 22.2. The molecule has 2 heterocycles. The number of ether oxygens (including phenoxy) is 1. The lowest BCUT2D eigenvalue weighted by molar-refractivity contribution is 0.0769. The lowest BCUT2D eigenvalue weighted by atomic mass is 10.0. The van der Waals surface area contributed by atoms with Crippen molar-refractivity contribution < 1.29 is 22.7 Å². The molecule has 1 aromatic heterocycles. The Morgan fingerprint density at radius 3 is 2.77 bits per heavy atom. The molecule has 2 unspecified atom stereocenters. The van der Waals surface area contributed by atoms with E-state index >= 15 is 0 Å². The average Bonchev–Trinajstić information content (AvgIpc) is 3.10. The molecule has 1 fully saturated rings. The van der Waals surface area contributed by atoms with Crippen molar-refractivity contribution in [1.29, 1.82) is 0 Å². The number of rotatable bonds is 6. The van der Waals surface area contributed by atoms with Crippen LogP contribution in [0.2, 0.25) is 0 Å². The highest BCUT2D eigenvalue weighted by molar-refractivity contribution is 7.52. The van der Waals surface area contributed by atoms with E-state index in [4.69, 9.17) is 13.8 Å². The van der Waals surface area contributed by atoms with E-state index in [9.17, 15) is 8.96 Å². The summed E-state index contributed by atoms with van der Waals surface area (Å²) in [6.07, 6.45) is 2.63. The van der Waals surface area contributed by atoms with E-state index in [-0.39, 0.29) is 12.4 Å². The van der Waals surface area contributed by atoms with Crippen LogP contribution in [0.4, 0.5) is 4.39 Å². The first-order valence-corrected chi connectivity index (χ1v) is 11.8. The van der Waals surface area contributed by atoms with Gasteiger partial charge in [0.05, 0.1) is 25.3 Å². The third-order valence-corrected chi connectivity index (χ3v) is 7.39. The molecule has 3 aromatic rings. The molecule has 8 heteroatoms. The maximum atomic E-state index is 14.0. The summed E-state index contributed by atoms with van der Waals surface area (Å²) in [7, 11) is 1.98. The molecule has 0 saturated carbocycles. The minimum atomic E-state index is -3.67. The average molecular weight is 446 g/mol. The van der Waals surface area contributed by atoms with Gasteiger partial charge in [-0.15, -0.1) is 0 Å². The van der Waals surface area contributed by atoms with E-state index in [0.717, 1.165) is 40.7 Å². The maximum absolute atomic E-state index is 14.0. The molecular weight excluding hydrogens is 418 g/mol. The van der Waals surface area contributed by atoms with Crippen LogP contribution in [0.1, 0.15) is 29.2 Å². The van der Waals surface area contributed by atoms with Crippen LogP contribution >= 0.6 is 7.75 Å². The quantitative estimate of drug-likeness (QED) is 0.479. The van der Waals surface area contributed by atoms with Crippen LogP contribution in [0.5, 0.6) is 5.75 Å². The van der Waals surface area contributed by atoms with Gasteiger partial charge in [0.2, 0.25) is 0 Å². The lowest BCUT2D eigenvalue weighted by Gasteiger charge is -2.30. The Bertz CT molecular complexity index is 1120. The molecule has 4 rings (SSSR count). The Kier molecular flexibility index (Phi) is 6.22. The molecule has 31 heavy (non-hydrogen) atoms. The van der Waals surface area contributed by atoms with Crippen molar-refractivity contribution in [2.75, 3.05) is 34.4 Å². The molecule has 0 bridgehead atoms. The van der Waals surface area contributed by atoms with Crippen LogP contribution in [0.25, 0.3) is 10.9 Å². The van der Waals surface area contributed by atoms with E-state index in [2.05, 4.69) is 4.90 Å². The van der Waals surface area contributed by atoms with E-state index < -0.39 is 13.9 Å². The topological polar surface area (TPSA) is 52.9 Å². The number of hydrogen-bond donors (Lipinski definition) is 0. The molecule has 2 atom stereocenters. The summed E-state index contributed by atoms with van der Waals surface area (Å²) >= 11 is 0. The molecule has 0 amide bonds. The van der Waals surface area contributed by atoms with Gasteiger partial charge < -0.3 is 9.64 Å². The summed E-state index contributed by atoms with van der Waals surface area (Å²) in [5.41, 5.74) is 3.26. The Labute approximate surface area is 182 Å². The van der Waals surface area contributed by atoms with Crippen LogP contribution in [0, 0.1) is 12.7 Å². The second kappa shape index (κ2) is 8.75. The molecule has 1 aliphatic rings. The maximum Gasteiger partial charge on any atom is 0.439 e. The smallest absolute Gasteiger partial charge is 0.439 e. The third kappa shape index (κ3) is 4.55. The highest BCUT2D eigenvalue weighted by atomic mass is 31.2. The van der Waals surface area contributed by atoms with E-state index in [1.807, 2.05) is 51.5 Å². The Balaban J connectivity index is 1.74. The van der Waals surface area contributed by atoms with Gasteiger partial charge in [-0.1, -0.05) is 6.07 Å². The minimum Gasteiger partial charge on any atom is -0.497 e. The van der Waals surface area contributed by atoms with Crippen molar-refractivity contribution in [3.63, 3.8) is 0 Å². The van der Waals surface area contributed by atoms with Crippen molar-refractivity contribution in [3.8, 4) is 5.75 Å². The predicted molar refractivity (Wildman–Crippen MR) is 119 cm³/mol. The van der Waals surface area contributed by atoms with Gasteiger partial charge in [0.25, 0.3) is 0 Å². The van der Waals surface area contributed by atoms with E-state index in [1.165, 1.54) is 12.1 Å². The molecule has 6 nitrogen and oxygen atoms in total. The van der Waals surface area contributed by atoms with Crippen molar-refractivity contribution in [1.82, 2.24) is 9.24 Å². The second-order valence-electron chi connectivity index (χ2n) is 8.18. The van der Waals surface area contributed by atoms with Gasteiger partial charge in [-0.3, -0.25) is 13.4 Å². The zero-order valence-electron chi connectivity index (χ0n) is 18.3. The van der Waals surface area contributed by atoms with Crippen LogP contribution in [0.3, 0.4) is 0 Å². The first kappa shape index (κ1) is 22.0. The fourth-order valence-electron chi connectivity index (χ4n) is 3.94. The van der Waals surface area contributed by atoms with Crippen molar-refractivity contribution in [3.05, 3.63) is 65.1 Å². The van der Waals surface area contributed by atoms with Gasteiger partial charge in [0.1, 0.15) is 11.6 Å². The number of likely N-dealkylation sites (N-methyl/N-ethyl adjacent to an activating group) is 1. The molecule has 0 spiro atoms. The van der Waals surface area contributed by atoms with Crippen LogP contribution in [-0.2, 0) is 20.0 Å². The van der Waals surface area contributed by atoms with Gasteiger partial charge in [-0.25, -0.2) is 8.96 Å². The van der Waals surface area contributed by atoms with Crippen LogP contribution < -0.4 is 4.74 Å². The Morgan fingerprint density at radius 2 is 2.06 bits per heavy atom. The molecule has 2 aromatic carbocycles. The summed E-state index contributed by atoms with van der Waals surface area (Å²) in [5, 5.41) is 0.951. The molecule has 0 aliphatic carbocycles. The number of aromatic nitrogens is 1. The normalized spacial score (nSPS) is 21.7. The Hall–Kier alpha value is -2.18. The number of aryl methyl sites for hydroxylation is 1. The summed E-state index contributed by atoms with van der Waals surface area (Å²) in [6, 6.07) is 10.4. The van der Waals surface area contributed by atoms with Crippen molar-refractivity contribution in [2.45, 2.75) is 25.9 Å².